The van der Waals surface area contributed by atoms with E-state index in [0.29, 0.717) is 6.54 Å². The molecule has 0 fully saturated rings. The Bertz CT molecular complexity index is 419. The van der Waals surface area contributed by atoms with E-state index in [1.54, 1.807) is 6.33 Å². The van der Waals surface area contributed by atoms with Gasteiger partial charge in [0.25, 0.3) is 0 Å². The first kappa shape index (κ1) is 17.7. The van der Waals surface area contributed by atoms with E-state index >= 15 is 0 Å². The van der Waals surface area contributed by atoms with Crippen LogP contribution in [0, 0.1) is 0 Å². The summed E-state index contributed by atoms with van der Waals surface area (Å²) < 4.78 is 0. The molecule has 0 aromatic carbocycles. The van der Waals surface area contributed by atoms with Crippen molar-refractivity contribution in [3.05, 3.63) is 11.9 Å². The van der Waals surface area contributed by atoms with E-state index in [9.17, 15) is 5.11 Å². The van der Waals surface area contributed by atoms with Crippen LogP contribution in [-0.4, -0.2) is 33.8 Å². The Labute approximate surface area is 128 Å². The van der Waals surface area contributed by atoms with Crippen LogP contribution in [0.15, 0.2) is 6.33 Å². The Morgan fingerprint density at radius 1 is 1.00 bits per heavy atom. The minimum absolute atomic E-state index is 0.515. The lowest BCUT2D eigenvalue weighted by molar-refractivity contribution is 0.0456. The third kappa shape index (κ3) is 5.16. The molecule has 0 saturated carbocycles. The highest BCUT2D eigenvalue weighted by Crippen LogP contribution is 2.23. The number of hydrogen-bond donors (Lipinski definition) is 3. The third-order valence-corrected chi connectivity index (χ3v) is 3.89. The number of nitrogens with zero attached hydrogens (tertiary/aromatic N) is 2. The van der Waals surface area contributed by atoms with E-state index in [-0.39, 0.29) is 0 Å². The molecule has 1 rings (SSSR count). The number of nitrogens with one attached hydrogen (secondary N) is 2. The molecule has 120 valence electrons. The Morgan fingerprint density at radius 3 is 2.14 bits per heavy atom. The molecule has 0 spiro atoms. The zero-order valence-electron chi connectivity index (χ0n) is 13.9. The maximum absolute atomic E-state index is 10.4. The Hall–Kier alpha value is -1.36. The molecule has 0 aliphatic heterocycles. The average molecular weight is 294 g/mol. The van der Waals surface area contributed by atoms with Crippen molar-refractivity contribution in [3.63, 3.8) is 0 Å². The number of aliphatic hydroxyl groups is 1. The smallest absolute Gasteiger partial charge is 0.134 e. The van der Waals surface area contributed by atoms with Crippen LogP contribution in [-0.2, 0) is 6.42 Å². The van der Waals surface area contributed by atoms with Crippen LogP contribution in [0.4, 0.5) is 11.6 Å². The van der Waals surface area contributed by atoms with Gasteiger partial charge in [0, 0.05) is 18.7 Å². The van der Waals surface area contributed by atoms with Crippen LogP contribution in [0.2, 0.25) is 0 Å². The highest BCUT2D eigenvalue weighted by atomic mass is 16.3. The number of aromatic nitrogens is 2. The fourth-order valence-corrected chi connectivity index (χ4v) is 2.20. The van der Waals surface area contributed by atoms with Crippen molar-refractivity contribution in [2.45, 2.75) is 65.4 Å². The number of anilines is 2. The van der Waals surface area contributed by atoms with E-state index in [0.717, 1.165) is 55.8 Å². The van der Waals surface area contributed by atoms with E-state index in [2.05, 4.69) is 34.4 Å². The minimum atomic E-state index is -0.675. The van der Waals surface area contributed by atoms with Gasteiger partial charge in [-0.15, -0.1) is 0 Å². The lowest BCUT2D eigenvalue weighted by Crippen LogP contribution is -2.35. The second kappa shape index (κ2) is 8.82. The van der Waals surface area contributed by atoms with Gasteiger partial charge in [0.05, 0.1) is 5.60 Å². The van der Waals surface area contributed by atoms with Gasteiger partial charge in [0.1, 0.15) is 18.0 Å². The van der Waals surface area contributed by atoms with Crippen LogP contribution in [0.1, 0.15) is 58.9 Å². The Kier molecular flexibility index (Phi) is 7.43. The van der Waals surface area contributed by atoms with Crippen LogP contribution in [0.25, 0.3) is 0 Å². The van der Waals surface area contributed by atoms with E-state index in [1.807, 2.05) is 13.8 Å². The molecule has 0 radical (unpaired) electrons. The van der Waals surface area contributed by atoms with Crippen molar-refractivity contribution >= 4 is 11.6 Å². The summed E-state index contributed by atoms with van der Waals surface area (Å²) in [4.78, 5) is 8.72. The van der Waals surface area contributed by atoms with Crippen molar-refractivity contribution in [1.82, 2.24) is 9.97 Å². The molecule has 0 aliphatic rings. The standard InChI is InChI=1S/C16H30N4O/c1-5-9-13-14(17-10-6-2)19-12-20-15(13)18-11-16(21,7-3)8-4/h12,21H,5-11H2,1-4H3,(H2,17,18,19,20). The predicted octanol–water partition coefficient (Wildman–Crippen LogP) is 3.21. The summed E-state index contributed by atoms with van der Waals surface area (Å²) in [6, 6.07) is 0. The van der Waals surface area contributed by atoms with Gasteiger partial charge in [-0.25, -0.2) is 9.97 Å². The second-order valence-corrected chi connectivity index (χ2v) is 5.51. The molecular formula is C16H30N4O. The van der Waals surface area contributed by atoms with Gasteiger partial charge in [-0.2, -0.15) is 0 Å². The van der Waals surface area contributed by atoms with Crippen molar-refractivity contribution in [2.75, 3.05) is 23.7 Å². The molecule has 5 nitrogen and oxygen atoms in total. The third-order valence-electron chi connectivity index (χ3n) is 3.89. The van der Waals surface area contributed by atoms with E-state index < -0.39 is 5.60 Å². The van der Waals surface area contributed by atoms with E-state index in [4.69, 9.17) is 0 Å². The summed E-state index contributed by atoms with van der Waals surface area (Å²) in [6.45, 7) is 9.71. The lowest BCUT2D eigenvalue weighted by atomic mass is 9.97. The summed E-state index contributed by atoms with van der Waals surface area (Å²) in [5.41, 5.74) is 0.439. The predicted molar refractivity (Wildman–Crippen MR) is 88.8 cm³/mol. The Balaban J connectivity index is 2.89. The molecule has 0 bridgehead atoms. The zero-order valence-corrected chi connectivity index (χ0v) is 13.9. The van der Waals surface area contributed by atoms with Gasteiger partial charge < -0.3 is 15.7 Å². The summed E-state index contributed by atoms with van der Waals surface area (Å²) in [5.74, 6) is 1.75. The monoisotopic (exact) mass is 294 g/mol. The molecule has 0 aliphatic carbocycles. The SMILES string of the molecule is CCCNc1ncnc(NCC(O)(CC)CC)c1CCC. The van der Waals surface area contributed by atoms with Gasteiger partial charge in [-0.05, 0) is 25.7 Å². The number of rotatable bonds is 10. The topological polar surface area (TPSA) is 70.1 Å². The molecule has 0 unspecified atom stereocenters. The van der Waals surface area contributed by atoms with Gasteiger partial charge in [-0.1, -0.05) is 34.1 Å². The minimum Gasteiger partial charge on any atom is -0.388 e. The summed E-state index contributed by atoms with van der Waals surface area (Å²) in [6.07, 6.45) is 6.05. The van der Waals surface area contributed by atoms with Gasteiger partial charge in [0.15, 0.2) is 0 Å². The molecule has 1 aromatic heterocycles. The highest BCUT2D eigenvalue weighted by Gasteiger charge is 2.22. The van der Waals surface area contributed by atoms with Crippen molar-refractivity contribution in [1.29, 1.82) is 0 Å². The molecular weight excluding hydrogens is 264 g/mol. The van der Waals surface area contributed by atoms with Gasteiger partial charge in [-0.3, -0.25) is 0 Å². The number of hydrogen-bond acceptors (Lipinski definition) is 5. The molecule has 21 heavy (non-hydrogen) atoms. The van der Waals surface area contributed by atoms with Crippen LogP contribution in [0.3, 0.4) is 0 Å². The highest BCUT2D eigenvalue weighted by molar-refractivity contribution is 5.57. The molecule has 3 N–H and O–H groups in total. The van der Waals surface area contributed by atoms with Gasteiger partial charge in [0.2, 0.25) is 0 Å². The van der Waals surface area contributed by atoms with Crippen molar-refractivity contribution < 1.29 is 5.11 Å². The first-order valence-corrected chi connectivity index (χ1v) is 8.14. The first-order valence-electron chi connectivity index (χ1n) is 8.14. The first-order chi connectivity index (χ1) is 10.1. The molecule has 0 amide bonds. The normalized spacial score (nSPS) is 11.5. The fraction of sp³-hybridized carbons (Fsp3) is 0.750. The van der Waals surface area contributed by atoms with Crippen molar-refractivity contribution in [2.24, 2.45) is 0 Å². The zero-order chi connectivity index (χ0) is 15.7. The Morgan fingerprint density at radius 2 is 1.62 bits per heavy atom. The average Bonchev–Trinajstić information content (AvgIpc) is 2.52. The largest absolute Gasteiger partial charge is 0.388 e. The van der Waals surface area contributed by atoms with Crippen molar-refractivity contribution in [3.8, 4) is 0 Å². The fourth-order valence-electron chi connectivity index (χ4n) is 2.20. The maximum Gasteiger partial charge on any atom is 0.134 e. The molecule has 1 heterocycles. The molecule has 5 heteroatoms. The second-order valence-electron chi connectivity index (χ2n) is 5.51. The summed E-state index contributed by atoms with van der Waals surface area (Å²) in [5, 5.41) is 17.1. The van der Waals surface area contributed by atoms with E-state index in [1.165, 1.54) is 0 Å². The van der Waals surface area contributed by atoms with Gasteiger partial charge >= 0.3 is 0 Å². The van der Waals surface area contributed by atoms with Crippen LogP contribution in [0.5, 0.6) is 0 Å². The summed E-state index contributed by atoms with van der Waals surface area (Å²) >= 11 is 0. The quantitative estimate of drug-likeness (QED) is 0.618. The molecule has 0 saturated heterocycles. The maximum atomic E-state index is 10.4. The molecule has 1 aromatic rings. The summed E-state index contributed by atoms with van der Waals surface area (Å²) in [7, 11) is 0. The molecule has 0 atom stereocenters. The lowest BCUT2D eigenvalue weighted by Gasteiger charge is -2.26. The van der Waals surface area contributed by atoms with Crippen LogP contribution < -0.4 is 10.6 Å². The van der Waals surface area contributed by atoms with Crippen LogP contribution >= 0.6 is 0 Å².